The Kier molecular flexibility index (Phi) is 7.83. The summed E-state index contributed by atoms with van der Waals surface area (Å²) in [6, 6.07) is 7.02. The van der Waals surface area contributed by atoms with Gasteiger partial charge in [-0.2, -0.15) is 5.26 Å². The van der Waals surface area contributed by atoms with Gasteiger partial charge < -0.3 is 20.5 Å². The van der Waals surface area contributed by atoms with E-state index < -0.39 is 23.9 Å². The molecule has 0 fully saturated rings. The van der Waals surface area contributed by atoms with Crippen LogP contribution >= 0.6 is 0 Å². The highest BCUT2D eigenvalue weighted by molar-refractivity contribution is 6.00. The van der Waals surface area contributed by atoms with Gasteiger partial charge in [-0.15, -0.1) is 0 Å². The fourth-order valence-electron chi connectivity index (χ4n) is 2.12. The van der Waals surface area contributed by atoms with Gasteiger partial charge in [0.2, 0.25) is 0 Å². The van der Waals surface area contributed by atoms with Gasteiger partial charge in [0.05, 0.1) is 18.4 Å². The highest BCUT2D eigenvalue weighted by Gasteiger charge is 2.23. The minimum Gasteiger partial charge on any atom is -0.480 e. The van der Waals surface area contributed by atoms with Crippen molar-refractivity contribution in [1.29, 1.82) is 5.26 Å². The molecule has 0 aliphatic carbocycles. The zero-order valence-corrected chi connectivity index (χ0v) is 14.8. The summed E-state index contributed by atoms with van der Waals surface area (Å²) in [7, 11) is 1.24. The molecule has 0 bridgehead atoms. The van der Waals surface area contributed by atoms with Gasteiger partial charge in [0.1, 0.15) is 17.7 Å². The number of hydrogen-bond acceptors (Lipinski definition) is 6. The highest BCUT2D eigenvalue weighted by Crippen LogP contribution is 2.16. The molecule has 8 nitrogen and oxygen atoms in total. The van der Waals surface area contributed by atoms with Crippen molar-refractivity contribution in [3.63, 3.8) is 0 Å². The van der Waals surface area contributed by atoms with Gasteiger partial charge >= 0.3 is 11.9 Å². The van der Waals surface area contributed by atoms with E-state index in [1.54, 1.807) is 24.3 Å². The number of carbonyl (C=O) groups excluding carboxylic acids is 2. The average Bonchev–Trinajstić information content (AvgIpc) is 2.60. The van der Waals surface area contributed by atoms with Crippen LogP contribution in [-0.2, 0) is 14.3 Å². The molecule has 3 N–H and O–H groups in total. The molecule has 1 rings (SSSR count). The molecular weight excluding hydrogens is 338 g/mol. The number of ether oxygens (including phenoxy) is 1. The highest BCUT2D eigenvalue weighted by atomic mass is 16.5. The third-order valence-electron chi connectivity index (χ3n) is 3.38. The van der Waals surface area contributed by atoms with Crippen LogP contribution in [0.5, 0.6) is 0 Å². The van der Waals surface area contributed by atoms with Crippen molar-refractivity contribution in [1.82, 2.24) is 5.32 Å². The van der Waals surface area contributed by atoms with Gasteiger partial charge in [-0.1, -0.05) is 26.0 Å². The molecular formula is C18H21N3O5. The van der Waals surface area contributed by atoms with Crippen molar-refractivity contribution in [3.05, 3.63) is 41.6 Å². The van der Waals surface area contributed by atoms with Gasteiger partial charge in [0.15, 0.2) is 0 Å². The molecule has 0 saturated carbocycles. The Morgan fingerprint density at radius 2 is 1.96 bits per heavy atom. The molecule has 1 aromatic rings. The summed E-state index contributed by atoms with van der Waals surface area (Å²) < 4.78 is 4.66. The lowest BCUT2D eigenvalue weighted by atomic mass is 10.0. The number of aliphatic carboxylic acids is 1. The Hall–Kier alpha value is -3.34. The molecule has 8 heteroatoms. The van der Waals surface area contributed by atoms with E-state index in [1.807, 2.05) is 13.8 Å². The Balaban J connectivity index is 2.95. The average molecular weight is 359 g/mol. The third kappa shape index (κ3) is 5.94. The maximum atomic E-state index is 12.2. The predicted octanol–water partition coefficient (Wildman–Crippen LogP) is 1.91. The maximum absolute atomic E-state index is 12.2. The lowest BCUT2D eigenvalue weighted by molar-refractivity contribution is -0.141. The molecule has 0 spiro atoms. The second-order valence-corrected chi connectivity index (χ2v) is 5.85. The first-order valence-electron chi connectivity index (χ1n) is 7.88. The fourth-order valence-corrected chi connectivity index (χ4v) is 2.12. The lowest BCUT2D eigenvalue weighted by Gasteiger charge is -2.16. The SMILES string of the molecule is COC(=O)c1ccccc1N/C=C(/C#N)C(=O)NC(CC(C)C)C(=O)O. The number of methoxy groups -OCH3 is 1. The topological polar surface area (TPSA) is 129 Å². The molecule has 1 amide bonds. The second-order valence-electron chi connectivity index (χ2n) is 5.85. The zero-order chi connectivity index (χ0) is 19.7. The molecule has 1 unspecified atom stereocenters. The van der Waals surface area contributed by atoms with E-state index in [4.69, 9.17) is 0 Å². The number of rotatable bonds is 8. The summed E-state index contributed by atoms with van der Waals surface area (Å²) in [5.41, 5.74) is 0.253. The van der Waals surface area contributed by atoms with Crippen LogP contribution in [0.15, 0.2) is 36.0 Å². The van der Waals surface area contributed by atoms with E-state index in [0.717, 1.165) is 6.20 Å². The molecule has 26 heavy (non-hydrogen) atoms. The largest absolute Gasteiger partial charge is 0.480 e. The van der Waals surface area contributed by atoms with Crippen LogP contribution in [0.25, 0.3) is 0 Å². The Morgan fingerprint density at radius 1 is 1.31 bits per heavy atom. The van der Waals surface area contributed by atoms with E-state index in [9.17, 15) is 24.8 Å². The zero-order valence-electron chi connectivity index (χ0n) is 14.8. The van der Waals surface area contributed by atoms with Gasteiger partial charge in [-0.05, 0) is 24.5 Å². The number of esters is 1. The second kappa shape index (κ2) is 9.84. The number of nitriles is 1. The first kappa shape index (κ1) is 20.7. The van der Waals surface area contributed by atoms with E-state index >= 15 is 0 Å². The number of carboxylic acids is 1. The van der Waals surface area contributed by atoms with Crippen molar-refractivity contribution in [2.24, 2.45) is 5.92 Å². The first-order chi connectivity index (χ1) is 12.3. The number of para-hydroxylation sites is 1. The van der Waals surface area contributed by atoms with Crippen molar-refractivity contribution in [2.45, 2.75) is 26.3 Å². The number of amides is 1. The van der Waals surface area contributed by atoms with Crippen molar-refractivity contribution in [3.8, 4) is 6.07 Å². The van der Waals surface area contributed by atoms with Crippen molar-refractivity contribution < 1.29 is 24.2 Å². The quantitative estimate of drug-likeness (QED) is 0.367. The van der Waals surface area contributed by atoms with Crippen molar-refractivity contribution >= 4 is 23.5 Å². The van der Waals surface area contributed by atoms with Gasteiger partial charge in [0, 0.05) is 6.20 Å². The first-order valence-corrected chi connectivity index (χ1v) is 7.88. The summed E-state index contributed by atoms with van der Waals surface area (Å²) >= 11 is 0. The molecule has 1 atom stereocenters. The Morgan fingerprint density at radius 3 is 2.50 bits per heavy atom. The lowest BCUT2D eigenvalue weighted by Crippen LogP contribution is -2.42. The number of nitrogens with one attached hydrogen (secondary N) is 2. The summed E-state index contributed by atoms with van der Waals surface area (Å²) in [5.74, 6) is -2.51. The number of anilines is 1. The molecule has 0 saturated heterocycles. The Bertz CT molecular complexity index is 749. The number of carbonyl (C=O) groups is 3. The number of benzene rings is 1. The molecule has 0 aromatic heterocycles. The van der Waals surface area contributed by atoms with E-state index in [1.165, 1.54) is 13.2 Å². The summed E-state index contributed by atoms with van der Waals surface area (Å²) in [4.78, 5) is 35.1. The molecule has 0 heterocycles. The number of nitrogens with zero attached hydrogens (tertiary/aromatic N) is 1. The van der Waals surface area contributed by atoms with Crippen LogP contribution < -0.4 is 10.6 Å². The summed E-state index contributed by atoms with van der Waals surface area (Å²) in [6.45, 7) is 3.66. The minimum absolute atomic E-state index is 0.0518. The minimum atomic E-state index is -1.17. The van der Waals surface area contributed by atoms with Crippen LogP contribution in [0.2, 0.25) is 0 Å². The van der Waals surface area contributed by atoms with Gasteiger partial charge in [0.25, 0.3) is 5.91 Å². The van der Waals surface area contributed by atoms with Crippen LogP contribution in [0.1, 0.15) is 30.6 Å². The maximum Gasteiger partial charge on any atom is 0.339 e. The normalized spacial score (nSPS) is 12.0. The molecule has 1 aromatic carbocycles. The fraction of sp³-hybridized carbons (Fsp3) is 0.333. The van der Waals surface area contributed by atoms with Crippen LogP contribution in [0, 0.1) is 17.2 Å². The van der Waals surface area contributed by atoms with Gasteiger partial charge in [-0.25, -0.2) is 9.59 Å². The van der Waals surface area contributed by atoms with E-state index in [0.29, 0.717) is 5.69 Å². The smallest absolute Gasteiger partial charge is 0.339 e. The summed E-state index contributed by atoms with van der Waals surface area (Å²) in [6.07, 6.45) is 1.35. The van der Waals surface area contributed by atoms with Crippen LogP contribution in [-0.4, -0.2) is 36.1 Å². The monoisotopic (exact) mass is 359 g/mol. The van der Waals surface area contributed by atoms with Crippen LogP contribution in [0.3, 0.4) is 0 Å². The van der Waals surface area contributed by atoms with E-state index in [2.05, 4.69) is 15.4 Å². The number of hydrogen-bond donors (Lipinski definition) is 3. The molecule has 138 valence electrons. The standard InChI is InChI=1S/C18H21N3O5/c1-11(2)8-15(17(23)24)21-16(22)12(9-19)10-20-14-7-5-4-6-13(14)18(25)26-3/h4-7,10-11,15,20H,8H2,1-3H3,(H,21,22)(H,23,24)/b12-10-. The summed E-state index contributed by atoms with van der Waals surface area (Å²) in [5, 5.41) is 23.4. The Labute approximate surface area is 151 Å². The third-order valence-corrected chi connectivity index (χ3v) is 3.38. The number of carboxylic acid groups (broad SMARTS) is 1. The molecule has 0 radical (unpaired) electrons. The van der Waals surface area contributed by atoms with Gasteiger partial charge in [-0.3, -0.25) is 4.79 Å². The molecule has 0 aliphatic heterocycles. The van der Waals surface area contributed by atoms with Crippen LogP contribution in [0.4, 0.5) is 5.69 Å². The predicted molar refractivity (Wildman–Crippen MR) is 94.1 cm³/mol. The van der Waals surface area contributed by atoms with Crippen molar-refractivity contribution in [2.75, 3.05) is 12.4 Å². The van der Waals surface area contributed by atoms with E-state index in [-0.39, 0.29) is 23.5 Å². The molecule has 0 aliphatic rings.